The van der Waals surface area contributed by atoms with Gasteiger partial charge >= 0.3 is 5.97 Å². The average molecular weight is 217 g/mol. The molecule has 0 bridgehead atoms. The van der Waals surface area contributed by atoms with Gasteiger partial charge in [-0.15, -0.1) is 0 Å². The summed E-state index contributed by atoms with van der Waals surface area (Å²) in [5, 5.41) is 4.07. The maximum atomic E-state index is 11.0. The van der Waals surface area contributed by atoms with Gasteiger partial charge in [-0.3, -0.25) is 4.79 Å². The van der Waals surface area contributed by atoms with Crippen LogP contribution in [0.25, 0.3) is 5.69 Å². The number of aryl methyl sites for hydroxylation is 1. The van der Waals surface area contributed by atoms with E-state index >= 15 is 0 Å². The Morgan fingerprint density at radius 1 is 1.44 bits per heavy atom. The lowest BCUT2D eigenvalue weighted by atomic mass is 10.3. The minimum atomic E-state index is -0.397. The SMILES string of the molecule is CC(=O)Oc1nc(C)ccc1-n1cccn1. The molecule has 0 fully saturated rings. The lowest BCUT2D eigenvalue weighted by Gasteiger charge is -2.08. The highest BCUT2D eigenvalue weighted by atomic mass is 16.5. The van der Waals surface area contributed by atoms with Crippen LogP contribution in [0.1, 0.15) is 12.6 Å². The summed E-state index contributed by atoms with van der Waals surface area (Å²) in [6.07, 6.45) is 3.41. The second-order valence-electron chi connectivity index (χ2n) is 3.32. The molecular formula is C11H11N3O2. The van der Waals surface area contributed by atoms with Crippen LogP contribution in [0.4, 0.5) is 0 Å². The first kappa shape index (κ1) is 10.4. The average Bonchev–Trinajstić information content (AvgIpc) is 2.69. The summed E-state index contributed by atoms with van der Waals surface area (Å²) in [7, 11) is 0. The van der Waals surface area contributed by atoms with Gasteiger partial charge in [-0.1, -0.05) is 0 Å². The number of carbonyl (C=O) groups excluding carboxylic acids is 1. The number of ether oxygens (including phenoxy) is 1. The Labute approximate surface area is 92.7 Å². The fourth-order valence-corrected chi connectivity index (χ4v) is 1.32. The molecular weight excluding hydrogens is 206 g/mol. The molecule has 0 saturated heterocycles. The largest absolute Gasteiger partial charge is 0.405 e. The third-order valence-corrected chi connectivity index (χ3v) is 1.97. The van der Waals surface area contributed by atoms with E-state index in [1.807, 2.05) is 19.1 Å². The summed E-state index contributed by atoms with van der Waals surface area (Å²) in [5.74, 6) is -0.122. The van der Waals surface area contributed by atoms with Crippen LogP contribution in [0.3, 0.4) is 0 Å². The highest BCUT2D eigenvalue weighted by Gasteiger charge is 2.10. The Morgan fingerprint density at radius 3 is 2.88 bits per heavy atom. The van der Waals surface area contributed by atoms with Crippen LogP contribution in [-0.4, -0.2) is 20.7 Å². The summed E-state index contributed by atoms with van der Waals surface area (Å²) >= 11 is 0. The van der Waals surface area contributed by atoms with Crippen LogP contribution >= 0.6 is 0 Å². The molecule has 2 aromatic rings. The smallest absolute Gasteiger partial charge is 0.309 e. The molecule has 16 heavy (non-hydrogen) atoms. The van der Waals surface area contributed by atoms with Gasteiger partial charge in [-0.05, 0) is 25.1 Å². The fourth-order valence-electron chi connectivity index (χ4n) is 1.32. The number of hydrogen-bond acceptors (Lipinski definition) is 4. The van der Waals surface area contributed by atoms with Crippen molar-refractivity contribution in [2.75, 3.05) is 0 Å². The monoisotopic (exact) mass is 217 g/mol. The quantitative estimate of drug-likeness (QED) is 0.715. The highest BCUT2D eigenvalue weighted by molar-refractivity contribution is 5.70. The molecule has 0 amide bonds. The van der Waals surface area contributed by atoms with Crippen LogP contribution in [-0.2, 0) is 4.79 Å². The molecule has 5 heteroatoms. The molecule has 5 nitrogen and oxygen atoms in total. The highest BCUT2D eigenvalue weighted by Crippen LogP contribution is 2.20. The van der Waals surface area contributed by atoms with Gasteiger partial charge < -0.3 is 4.74 Å². The van der Waals surface area contributed by atoms with Gasteiger partial charge in [0.15, 0.2) is 0 Å². The van der Waals surface area contributed by atoms with E-state index in [4.69, 9.17) is 4.74 Å². The van der Waals surface area contributed by atoms with E-state index in [0.29, 0.717) is 5.69 Å². The Bertz CT molecular complexity index is 506. The predicted octanol–water partition coefficient (Wildman–Crippen LogP) is 1.50. The molecule has 0 unspecified atom stereocenters. The topological polar surface area (TPSA) is 57.0 Å². The molecule has 82 valence electrons. The van der Waals surface area contributed by atoms with E-state index in [2.05, 4.69) is 10.1 Å². The number of esters is 1. The first-order chi connectivity index (χ1) is 7.66. The molecule has 0 atom stereocenters. The zero-order chi connectivity index (χ0) is 11.5. The molecule has 0 aromatic carbocycles. The van der Waals surface area contributed by atoms with Crippen LogP contribution in [0, 0.1) is 6.92 Å². The van der Waals surface area contributed by atoms with Gasteiger partial charge in [0.05, 0.1) is 0 Å². The zero-order valence-electron chi connectivity index (χ0n) is 9.04. The van der Waals surface area contributed by atoms with Crippen LogP contribution in [0.2, 0.25) is 0 Å². The van der Waals surface area contributed by atoms with Crippen molar-refractivity contribution in [1.82, 2.24) is 14.8 Å². The van der Waals surface area contributed by atoms with Crippen LogP contribution < -0.4 is 4.74 Å². The van der Waals surface area contributed by atoms with E-state index < -0.39 is 5.97 Å². The van der Waals surface area contributed by atoms with Gasteiger partial charge in [-0.25, -0.2) is 9.67 Å². The first-order valence-electron chi connectivity index (χ1n) is 4.83. The van der Waals surface area contributed by atoms with Crippen LogP contribution in [0.5, 0.6) is 5.88 Å². The normalized spacial score (nSPS) is 10.1. The number of pyridine rings is 1. The minimum Gasteiger partial charge on any atom is -0.405 e. The van der Waals surface area contributed by atoms with Gasteiger partial charge in [-0.2, -0.15) is 5.10 Å². The molecule has 0 aliphatic rings. The van der Waals surface area contributed by atoms with E-state index in [9.17, 15) is 4.79 Å². The zero-order valence-corrected chi connectivity index (χ0v) is 9.04. The summed E-state index contributed by atoms with van der Waals surface area (Å²) < 4.78 is 6.64. The Hall–Kier alpha value is -2.17. The van der Waals surface area contributed by atoms with Gasteiger partial charge in [0.25, 0.3) is 0 Å². The summed E-state index contributed by atoms with van der Waals surface area (Å²) in [6.45, 7) is 3.18. The number of rotatable bonds is 2. The molecule has 2 heterocycles. The second kappa shape index (κ2) is 4.14. The van der Waals surface area contributed by atoms with E-state index in [0.717, 1.165) is 5.69 Å². The molecule has 0 aliphatic carbocycles. The van der Waals surface area contributed by atoms with E-state index in [-0.39, 0.29) is 5.88 Å². The lowest BCUT2D eigenvalue weighted by molar-refractivity contribution is -0.132. The fraction of sp³-hybridized carbons (Fsp3) is 0.182. The number of nitrogens with zero attached hydrogens (tertiary/aromatic N) is 3. The van der Waals surface area contributed by atoms with E-state index in [1.54, 1.807) is 23.1 Å². The maximum Gasteiger partial charge on any atom is 0.309 e. The number of hydrogen-bond donors (Lipinski definition) is 0. The minimum absolute atomic E-state index is 0.274. The standard InChI is InChI=1S/C11H11N3O2/c1-8-4-5-10(14-7-3-6-12-14)11(13-8)16-9(2)15/h3-7H,1-2H3. The Kier molecular flexibility index (Phi) is 2.68. The first-order valence-corrected chi connectivity index (χ1v) is 4.83. The summed E-state index contributed by atoms with van der Waals surface area (Å²) in [6, 6.07) is 5.44. The van der Waals surface area contributed by atoms with Crippen LogP contribution in [0.15, 0.2) is 30.6 Å². The molecule has 0 spiro atoms. The van der Waals surface area contributed by atoms with Crippen molar-refractivity contribution in [1.29, 1.82) is 0 Å². The van der Waals surface area contributed by atoms with Crippen molar-refractivity contribution in [3.05, 3.63) is 36.3 Å². The third kappa shape index (κ3) is 2.08. The molecule has 0 saturated carbocycles. The summed E-state index contributed by atoms with van der Waals surface area (Å²) in [5.41, 5.74) is 1.43. The maximum absolute atomic E-state index is 11.0. The predicted molar refractivity (Wildman–Crippen MR) is 57.4 cm³/mol. The van der Waals surface area contributed by atoms with Crippen molar-refractivity contribution >= 4 is 5.97 Å². The van der Waals surface area contributed by atoms with Crippen molar-refractivity contribution in [2.24, 2.45) is 0 Å². The van der Waals surface area contributed by atoms with Crippen molar-refractivity contribution in [2.45, 2.75) is 13.8 Å². The lowest BCUT2D eigenvalue weighted by Crippen LogP contribution is -2.08. The second-order valence-corrected chi connectivity index (χ2v) is 3.32. The van der Waals surface area contributed by atoms with Crippen molar-refractivity contribution in [3.8, 4) is 11.6 Å². The third-order valence-electron chi connectivity index (χ3n) is 1.97. The Balaban J connectivity index is 2.48. The van der Waals surface area contributed by atoms with Gasteiger partial charge in [0, 0.05) is 25.0 Å². The molecule has 2 rings (SSSR count). The molecule has 0 radical (unpaired) electrons. The van der Waals surface area contributed by atoms with Crippen molar-refractivity contribution < 1.29 is 9.53 Å². The van der Waals surface area contributed by atoms with Crippen molar-refractivity contribution in [3.63, 3.8) is 0 Å². The molecule has 0 N–H and O–H groups in total. The Morgan fingerprint density at radius 2 is 2.25 bits per heavy atom. The summed E-state index contributed by atoms with van der Waals surface area (Å²) in [4.78, 5) is 15.1. The van der Waals surface area contributed by atoms with Gasteiger partial charge in [0.1, 0.15) is 5.69 Å². The number of carbonyl (C=O) groups is 1. The molecule has 0 aliphatic heterocycles. The number of aromatic nitrogens is 3. The molecule has 2 aromatic heterocycles. The van der Waals surface area contributed by atoms with E-state index in [1.165, 1.54) is 6.92 Å². The van der Waals surface area contributed by atoms with Gasteiger partial charge in [0.2, 0.25) is 5.88 Å².